The molecule has 0 spiro atoms. The van der Waals surface area contributed by atoms with E-state index in [9.17, 15) is 14.4 Å². The standard InChI is InChI=1S/C20H17O4/c1-11-9-10-17(13(3)12(11)2)20(24-14(4)21)18(22)15-7-5-6-8-16(15)19(20)23/h5-9H,1-4H3. The monoisotopic (exact) mass is 321 g/mol. The number of aryl methyl sites for hydroxylation is 1. The third kappa shape index (κ3) is 2.03. The van der Waals surface area contributed by atoms with E-state index >= 15 is 0 Å². The normalized spacial score (nSPS) is 15.3. The van der Waals surface area contributed by atoms with Crippen molar-refractivity contribution in [2.24, 2.45) is 0 Å². The third-order valence-electron chi connectivity index (χ3n) is 4.67. The molecule has 0 amide bonds. The molecule has 0 unspecified atom stereocenters. The molecule has 1 radical (unpaired) electrons. The molecule has 0 bridgehead atoms. The summed E-state index contributed by atoms with van der Waals surface area (Å²) < 4.78 is 5.40. The average Bonchev–Trinajstić information content (AvgIpc) is 2.75. The van der Waals surface area contributed by atoms with Gasteiger partial charge in [-0.3, -0.25) is 14.4 Å². The molecule has 121 valence electrons. The Morgan fingerprint density at radius 2 is 1.54 bits per heavy atom. The summed E-state index contributed by atoms with van der Waals surface area (Å²) in [6.07, 6.45) is 0. The lowest BCUT2D eigenvalue weighted by atomic mass is 9.83. The van der Waals surface area contributed by atoms with Gasteiger partial charge in [0.05, 0.1) is 0 Å². The molecule has 2 aromatic rings. The molecule has 0 heterocycles. The Bertz CT molecular complexity index is 858. The first-order valence-corrected chi connectivity index (χ1v) is 7.68. The maximum Gasteiger partial charge on any atom is 0.304 e. The van der Waals surface area contributed by atoms with E-state index < -0.39 is 23.1 Å². The summed E-state index contributed by atoms with van der Waals surface area (Å²) in [5.41, 5.74) is 1.54. The van der Waals surface area contributed by atoms with Crippen molar-refractivity contribution in [1.82, 2.24) is 0 Å². The van der Waals surface area contributed by atoms with Gasteiger partial charge in [0.15, 0.2) is 0 Å². The molecule has 4 nitrogen and oxygen atoms in total. The van der Waals surface area contributed by atoms with Crippen molar-refractivity contribution in [2.75, 3.05) is 0 Å². The average molecular weight is 321 g/mol. The van der Waals surface area contributed by atoms with Crippen LogP contribution in [0.4, 0.5) is 0 Å². The van der Waals surface area contributed by atoms with Gasteiger partial charge in [-0.15, -0.1) is 0 Å². The number of carbonyl (C=O) groups is 3. The Balaban J connectivity index is 2.34. The van der Waals surface area contributed by atoms with Crippen molar-refractivity contribution in [2.45, 2.75) is 33.3 Å². The number of hydrogen-bond donors (Lipinski definition) is 0. The second kappa shape index (κ2) is 5.41. The zero-order valence-corrected chi connectivity index (χ0v) is 14.0. The number of ether oxygens (including phenoxy) is 1. The molecule has 1 aliphatic rings. The van der Waals surface area contributed by atoms with Crippen LogP contribution in [0.25, 0.3) is 0 Å². The van der Waals surface area contributed by atoms with Gasteiger partial charge < -0.3 is 4.74 Å². The van der Waals surface area contributed by atoms with Gasteiger partial charge in [-0.2, -0.15) is 0 Å². The quantitative estimate of drug-likeness (QED) is 0.629. The van der Waals surface area contributed by atoms with E-state index in [1.54, 1.807) is 30.3 Å². The van der Waals surface area contributed by atoms with Crippen molar-refractivity contribution in [1.29, 1.82) is 0 Å². The minimum absolute atomic E-state index is 0.273. The largest absolute Gasteiger partial charge is 0.437 e. The Kier molecular flexibility index (Phi) is 3.63. The van der Waals surface area contributed by atoms with Gasteiger partial charge in [0.1, 0.15) is 0 Å². The van der Waals surface area contributed by atoms with Gasteiger partial charge in [0, 0.05) is 23.6 Å². The Morgan fingerprint density at radius 3 is 2.04 bits per heavy atom. The van der Waals surface area contributed by atoms with E-state index in [-0.39, 0.29) is 11.1 Å². The summed E-state index contributed by atoms with van der Waals surface area (Å²) in [6.45, 7) is 6.83. The van der Waals surface area contributed by atoms with Gasteiger partial charge in [0.2, 0.25) is 11.6 Å². The minimum atomic E-state index is -1.97. The number of hydrogen-bond acceptors (Lipinski definition) is 4. The SMILES string of the molecule is CC(=O)OC1(c2[c]cc(C)c(C)c2C)C(=O)c2ccccc2C1=O. The molecular formula is C20H17O4. The molecule has 0 fully saturated rings. The van der Waals surface area contributed by atoms with Gasteiger partial charge >= 0.3 is 5.97 Å². The zero-order valence-electron chi connectivity index (χ0n) is 14.0. The maximum atomic E-state index is 13.1. The predicted molar refractivity (Wildman–Crippen MR) is 88.0 cm³/mol. The van der Waals surface area contributed by atoms with Crippen LogP contribution in [-0.4, -0.2) is 17.5 Å². The van der Waals surface area contributed by atoms with Crippen LogP contribution < -0.4 is 0 Å². The summed E-state index contributed by atoms with van der Waals surface area (Å²) in [5.74, 6) is -1.71. The molecule has 2 aromatic carbocycles. The number of carbonyl (C=O) groups excluding carboxylic acids is 3. The van der Waals surface area contributed by atoms with Crippen LogP contribution in [-0.2, 0) is 15.1 Å². The molecule has 0 saturated carbocycles. The van der Waals surface area contributed by atoms with Crippen LogP contribution >= 0.6 is 0 Å². The number of fused-ring (bicyclic) bond motifs is 1. The van der Waals surface area contributed by atoms with E-state index in [1.165, 1.54) is 6.92 Å². The van der Waals surface area contributed by atoms with Gasteiger partial charge in [-0.1, -0.05) is 30.3 Å². The first-order valence-electron chi connectivity index (χ1n) is 7.68. The highest BCUT2D eigenvalue weighted by Gasteiger charge is 2.58. The van der Waals surface area contributed by atoms with Crippen molar-refractivity contribution in [3.8, 4) is 0 Å². The molecule has 0 saturated heterocycles. The predicted octanol–water partition coefficient (Wildman–Crippen LogP) is 3.25. The molecule has 0 N–H and O–H groups in total. The molecule has 3 rings (SSSR count). The number of Topliss-reactive ketones (excluding diaryl/α,β-unsaturated/α-hetero) is 2. The van der Waals surface area contributed by atoms with Gasteiger partial charge in [-0.25, -0.2) is 0 Å². The van der Waals surface area contributed by atoms with Crippen LogP contribution in [0, 0.1) is 26.8 Å². The molecule has 0 atom stereocenters. The first-order chi connectivity index (χ1) is 11.3. The smallest absolute Gasteiger partial charge is 0.304 e. The van der Waals surface area contributed by atoms with E-state index in [0.717, 1.165) is 16.7 Å². The number of benzene rings is 2. The molecule has 24 heavy (non-hydrogen) atoms. The van der Waals surface area contributed by atoms with E-state index in [1.807, 2.05) is 20.8 Å². The second-order valence-electron chi connectivity index (χ2n) is 6.08. The fourth-order valence-corrected chi connectivity index (χ4v) is 3.19. The van der Waals surface area contributed by atoms with Crippen LogP contribution in [0.1, 0.15) is 49.9 Å². The van der Waals surface area contributed by atoms with Crippen LogP contribution in [0.15, 0.2) is 30.3 Å². The molecule has 1 aliphatic carbocycles. The highest BCUT2D eigenvalue weighted by Crippen LogP contribution is 2.42. The van der Waals surface area contributed by atoms with Crippen molar-refractivity contribution >= 4 is 17.5 Å². The number of esters is 1. The lowest BCUT2D eigenvalue weighted by molar-refractivity contribution is -0.149. The van der Waals surface area contributed by atoms with Crippen LogP contribution in [0.5, 0.6) is 0 Å². The summed E-state index contributed by atoms with van der Waals surface area (Å²) in [4.78, 5) is 37.9. The fraction of sp³-hybridized carbons (Fsp3) is 0.250. The summed E-state index contributed by atoms with van der Waals surface area (Å²) in [5, 5.41) is 0. The minimum Gasteiger partial charge on any atom is -0.437 e. The highest BCUT2D eigenvalue weighted by atomic mass is 16.6. The lowest BCUT2D eigenvalue weighted by Crippen LogP contribution is -2.43. The lowest BCUT2D eigenvalue weighted by Gasteiger charge is -2.28. The fourth-order valence-electron chi connectivity index (χ4n) is 3.19. The molecular weight excluding hydrogens is 304 g/mol. The van der Waals surface area contributed by atoms with Crippen molar-refractivity contribution < 1.29 is 19.1 Å². The van der Waals surface area contributed by atoms with E-state index in [4.69, 9.17) is 4.74 Å². The van der Waals surface area contributed by atoms with Crippen LogP contribution in [0.3, 0.4) is 0 Å². The van der Waals surface area contributed by atoms with E-state index in [2.05, 4.69) is 6.07 Å². The summed E-state index contributed by atoms with van der Waals surface area (Å²) in [6, 6.07) is 11.3. The number of rotatable bonds is 2. The maximum absolute atomic E-state index is 13.1. The van der Waals surface area contributed by atoms with Crippen LogP contribution in [0.2, 0.25) is 0 Å². The summed E-state index contributed by atoms with van der Waals surface area (Å²) >= 11 is 0. The Morgan fingerprint density at radius 1 is 1.00 bits per heavy atom. The van der Waals surface area contributed by atoms with E-state index in [0.29, 0.717) is 5.56 Å². The zero-order chi connectivity index (χ0) is 17.6. The number of ketones is 2. The Labute approximate surface area is 140 Å². The molecule has 0 aromatic heterocycles. The Hall–Kier alpha value is -2.75. The second-order valence-corrected chi connectivity index (χ2v) is 6.08. The highest BCUT2D eigenvalue weighted by molar-refractivity contribution is 6.32. The van der Waals surface area contributed by atoms with Crippen molar-refractivity contribution in [3.63, 3.8) is 0 Å². The third-order valence-corrected chi connectivity index (χ3v) is 4.67. The van der Waals surface area contributed by atoms with Gasteiger partial charge in [0.25, 0.3) is 5.60 Å². The van der Waals surface area contributed by atoms with Gasteiger partial charge in [-0.05, 0) is 43.5 Å². The first kappa shape index (κ1) is 16.1. The molecule has 4 heteroatoms. The molecule has 0 aliphatic heterocycles. The summed E-state index contributed by atoms with van der Waals surface area (Å²) in [7, 11) is 0. The topological polar surface area (TPSA) is 60.4 Å². The van der Waals surface area contributed by atoms with Crippen molar-refractivity contribution in [3.05, 3.63) is 69.8 Å².